The number of rotatable bonds is 6. The lowest BCUT2D eigenvalue weighted by atomic mass is 9.85. The first-order valence-electron chi connectivity index (χ1n) is 7.95. The smallest absolute Gasteiger partial charge is 0.178 e. The first kappa shape index (κ1) is 15.7. The van der Waals surface area contributed by atoms with Gasteiger partial charge >= 0.3 is 0 Å². The van der Waals surface area contributed by atoms with Crippen molar-refractivity contribution in [2.75, 3.05) is 12.3 Å². The molecule has 2 aliphatic heterocycles. The van der Waals surface area contributed by atoms with Crippen molar-refractivity contribution in [2.24, 2.45) is 5.92 Å². The van der Waals surface area contributed by atoms with Crippen molar-refractivity contribution in [2.45, 2.75) is 42.7 Å². The van der Waals surface area contributed by atoms with Crippen LogP contribution in [0.3, 0.4) is 0 Å². The molecule has 1 aromatic rings. The number of nitrogens with zero attached hydrogens (tertiary/aromatic N) is 1. The Hall–Kier alpha value is -1.17. The zero-order chi connectivity index (χ0) is 15.6. The van der Waals surface area contributed by atoms with Gasteiger partial charge in [0.15, 0.2) is 9.84 Å². The van der Waals surface area contributed by atoms with E-state index < -0.39 is 9.84 Å². The summed E-state index contributed by atoms with van der Waals surface area (Å²) in [6.45, 7) is 4.79. The molecular formula is C17H23NO3S. The molecule has 2 aliphatic rings. The number of benzene rings is 1. The number of sulfone groups is 1. The summed E-state index contributed by atoms with van der Waals surface area (Å²) in [7, 11) is -3.17. The molecule has 0 aromatic heterocycles. The van der Waals surface area contributed by atoms with Crippen molar-refractivity contribution in [1.82, 2.24) is 5.06 Å². The van der Waals surface area contributed by atoms with Gasteiger partial charge in [0.2, 0.25) is 0 Å². The van der Waals surface area contributed by atoms with Crippen LogP contribution in [0, 0.1) is 5.92 Å². The van der Waals surface area contributed by atoms with Gasteiger partial charge in [-0.1, -0.05) is 24.3 Å². The van der Waals surface area contributed by atoms with Gasteiger partial charge in [-0.2, -0.15) is 5.06 Å². The molecule has 0 aliphatic carbocycles. The second-order valence-corrected chi connectivity index (χ2v) is 8.20. The van der Waals surface area contributed by atoms with Crippen LogP contribution in [0.4, 0.5) is 0 Å². The molecule has 4 unspecified atom stereocenters. The molecule has 2 saturated heterocycles. The van der Waals surface area contributed by atoms with E-state index in [1.54, 1.807) is 24.3 Å². The summed E-state index contributed by atoms with van der Waals surface area (Å²) < 4.78 is 24.6. The summed E-state index contributed by atoms with van der Waals surface area (Å²) in [5.74, 6) is 0.665. The van der Waals surface area contributed by atoms with Gasteiger partial charge in [-0.3, -0.25) is 4.84 Å². The highest BCUT2D eigenvalue weighted by Gasteiger charge is 2.43. The Labute approximate surface area is 132 Å². The minimum atomic E-state index is -3.17. The third kappa shape index (κ3) is 3.12. The van der Waals surface area contributed by atoms with Crippen LogP contribution in [-0.4, -0.2) is 37.9 Å². The highest BCUT2D eigenvalue weighted by Crippen LogP contribution is 2.38. The first-order chi connectivity index (χ1) is 10.6. The van der Waals surface area contributed by atoms with Crippen LogP contribution in [0.25, 0.3) is 0 Å². The summed E-state index contributed by atoms with van der Waals surface area (Å²) in [5.41, 5.74) is 0. The maximum atomic E-state index is 12.3. The van der Waals surface area contributed by atoms with E-state index in [0.717, 1.165) is 25.8 Å². The predicted octanol–water partition coefficient (Wildman–Crippen LogP) is 2.82. The molecule has 3 rings (SSSR count). The van der Waals surface area contributed by atoms with Crippen LogP contribution in [0.15, 0.2) is 47.9 Å². The lowest BCUT2D eigenvalue weighted by Gasteiger charge is -2.30. The zero-order valence-corrected chi connectivity index (χ0v) is 13.5. The minimum absolute atomic E-state index is 0.0956. The summed E-state index contributed by atoms with van der Waals surface area (Å²) in [5, 5.41) is 2.05. The zero-order valence-electron chi connectivity index (χ0n) is 12.7. The molecule has 22 heavy (non-hydrogen) atoms. The van der Waals surface area contributed by atoms with Crippen LogP contribution >= 0.6 is 0 Å². The van der Waals surface area contributed by atoms with Crippen molar-refractivity contribution in [3.8, 4) is 0 Å². The van der Waals surface area contributed by atoms with Gasteiger partial charge in [0.25, 0.3) is 0 Å². The van der Waals surface area contributed by atoms with Crippen molar-refractivity contribution in [3.05, 3.63) is 43.0 Å². The van der Waals surface area contributed by atoms with Gasteiger partial charge in [-0.05, 0) is 37.8 Å². The second-order valence-electron chi connectivity index (χ2n) is 6.09. The van der Waals surface area contributed by atoms with Crippen LogP contribution in [0.5, 0.6) is 0 Å². The van der Waals surface area contributed by atoms with E-state index in [1.165, 1.54) is 0 Å². The summed E-state index contributed by atoms with van der Waals surface area (Å²) >= 11 is 0. The molecule has 0 radical (unpaired) electrons. The van der Waals surface area contributed by atoms with Crippen molar-refractivity contribution in [1.29, 1.82) is 0 Å². The van der Waals surface area contributed by atoms with Gasteiger partial charge in [-0.25, -0.2) is 8.42 Å². The molecule has 2 heterocycles. The number of hydrogen-bond donors (Lipinski definition) is 0. The van der Waals surface area contributed by atoms with Gasteiger partial charge in [0.1, 0.15) is 6.10 Å². The van der Waals surface area contributed by atoms with E-state index in [0.29, 0.717) is 23.3 Å². The van der Waals surface area contributed by atoms with E-state index in [-0.39, 0.29) is 11.9 Å². The molecule has 1 aromatic carbocycles. The lowest BCUT2D eigenvalue weighted by Crippen LogP contribution is -2.37. The van der Waals surface area contributed by atoms with Crippen molar-refractivity contribution in [3.63, 3.8) is 0 Å². The minimum Gasteiger partial charge on any atom is -0.291 e. The molecule has 2 fully saturated rings. The number of fused-ring (bicyclic) bond motifs is 2. The molecular weight excluding hydrogens is 298 g/mol. The molecule has 0 spiro atoms. The van der Waals surface area contributed by atoms with E-state index in [2.05, 4.69) is 11.6 Å². The van der Waals surface area contributed by atoms with Crippen LogP contribution in [-0.2, 0) is 14.7 Å². The second kappa shape index (κ2) is 6.52. The van der Waals surface area contributed by atoms with E-state index >= 15 is 0 Å². The molecule has 5 heteroatoms. The molecule has 4 atom stereocenters. The quantitative estimate of drug-likeness (QED) is 0.756. The SMILES string of the molecule is C=CC1ON2CCCC1C2CCCS(=O)(=O)c1ccccc1. The third-order valence-corrected chi connectivity index (χ3v) is 6.52. The predicted molar refractivity (Wildman–Crippen MR) is 86.0 cm³/mol. The summed E-state index contributed by atoms with van der Waals surface area (Å²) in [6, 6.07) is 9.03. The van der Waals surface area contributed by atoms with Crippen molar-refractivity contribution >= 4 is 9.84 Å². The van der Waals surface area contributed by atoms with Crippen molar-refractivity contribution < 1.29 is 13.3 Å². The Morgan fingerprint density at radius 3 is 2.82 bits per heavy atom. The maximum absolute atomic E-state index is 12.3. The fraction of sp³-hybridized carbons (Fsp3) is 0.529. The Balaban J connectivity index is 1.58. The Kier molecular flexibility index (Phi) is 4.66. The Morgan fingerprint density at radius 1 is 1.32 bits per heavy atom. The van der Waals surface area contributed by atoms with Crippen LogP contribution < -0.4 is 0 Å². The van der Waals surface area contributed by atoms with Gasteiger partial charge in [0.05, 0.1) is 10.6 Å². The third-order valence-electron chi connectivity index (χ3n) is 4.71. The largest absolute Gasteiger partial charge is 0.291 e. The molecule has 0 N–H and O–H groups in total. The average Bonchev–Trinajstić information content (AvgIpc) is 2.72. The standard InChI is InChI=1S/C17H23NO3S/c1-2-17-15-10-6-12-18(21-17)16(15)11-7-13-22(19,20)14-8-4-3-5-9-14/h2-5,8-9,15-17H,1,6-7,10-13H2. The van der Waals surface area contributed by atoms with Gasteiger partial charge in [0, 0.05) is 18.5 Å². The fourth-order valence-corrected chi connectivity index (χ4v) is 4.96. The van der Waals surface area contributed by atoms with Crippen LogP contribution in [0.1, 0.15) is 25.7 Å². The normalized spacial score (nSPS) is 31.1. The monoisotopic (exact) mass is 321 g/mol. The average molecular weight is 321 g/mol. The topological polar surface area (TPSA) is 46.6 Å². The fourth-order valence-electron chi connectivity index (χ4n) is 3.61. The highest BCUT2D eigenvalue weighted by atomic mass is 32.2. The highest BCUT2D eigenvalue weighted by molar-refractivity contribution is 7.91. The van der Waals surface area contributed by atoms with Gasteiger partial charge < -0.3 is 0 Å². The molecule has 0 saturated carbocycles. The van der Waals surface area contributed by atoms with Gasteiger partial charge in [-0.15, -0.1) is 6.58 Å². The molecule has 120 valence electrons. The lowest BCUT2D eigenvalue weighted by molar-refractivity contribution is -0.151. The molecule has 4 nitrogen and oxygen atoms in total. The summed E-state index contributed by atoms with van der Waals surface area (Å²) in [4.78, 5) is 6.30. The van der Waals surface area contributed by atoms with E-state index in [9.17, 15) is 8.42 Å². The molecule has 0 amide bonds. The maximum Gasteiger partial charge on any atom is 0.178 e. The Bertz CT molecular complexity index is 614. The summed E-state index contributed by atoms with van der Waals surface area (Å²) in [6.07, 6.45) is 5.79. The van der Waals surface area contributed by atoms with E-state index in [4.69, 9.17) is 4.84 Å². The first-order valence-corrected chi connectivity index (χ1v) is 9.61. The molecule has 2 bridgehead atoms. The Morgan fingerprint density at radius 2 is 2.09 bits per heavy atom. The number of hydroxylamine groups is 2. The number of hydrogen-bond acceptors (Lipinski definition) is 4. The number of piperidine rings is 1. The van der Waals surface area contributed by atoms with E-state index in [1.807, 2.05) is 12.1 Å². The van der Waals surface area contributed by atoms with Crippen LogP contribution in [0.2, 0.25) is 0 Å².